The molecule has 0 aliphatic carbocycles. The van der Waals surface area contributed by atoms with Crippen LogP contribution in [0.4, 0.5) is 4.39 Å². The fourth-order valence-electron chi connectivity index (χ4n) is 2.16. The Labute approximate surface area is 174 Å². The first-order valence-corrected chi connectivity index (χ1v) is 8.36. The van der Waals surface area contributed by atoms with Gasteiger partial charge in [0.15, 0.2) is 11.6 Å². The molecule has 0 saturated heterocycles. The van der Waals surface area contributed by atoms with Crippen molar-refractivity contribution in [2.75, 3.05) is 39.3 Å². The van der Waals surface area contributed by atoms with Crippen LogP contribution < -0.4 is 0 Å². The Morgan fingerprint density at radius 3 is 1.32 bits per heavy atom. The second-order valence-corrected chi connectivity index (χ2v) is 5.94. The van der Waals surface area contributed by atoms with Crippen LogP contribution in [0.2, 0.25) is 0 Å². The molecule has 14 heteroatoms. The number of hydrogen-bond donors (Lipinski definition) is 6. The Bertz CT molecular complexity index is 747. The Morgan fingerprint density at radius 2 is 1.06 bits per heavy atom. The molecule has 6 N–H and O–H groups in total. The second kappa shape index (κ2) is 13.4. The summed E-state index contributed by atoms with van der Waals surface area (Å²) in [6.45, 7) is -2.25. The first-order chi connectivity index (χ1) is 14.3. The lowest BCUT2D eigenvalue weighted by atomic mass is 10.2. The third kappa shape index (κ3) is 12.4. The van der Waals surface area contributed by atoms with Crippen molar-refractivity contribution in [3.63, 3.8) is 0 Å². The molecule has 0 aromatic heterocycles. The minimum atomic E-state index is -1.35. The number of carboxylic acid groups (broad SMARTS) is 5. The number of nitrogens with zero attached hydrogens (tertiary/aromatic N) is 2. The van der Waals surface area contributed by atoms with Crippen LogP contribution >= 0.6 is 0 Å². The number of para-hydroxylation sites is 1. The number of carbonyl (C=O) groups is 5. The summed E-state index contributed by atoms with van der Waals surface area (Å²) in [5.74, 6) is -8.00. The van der Waals surface area contributed by atoms with Gasteiger partial charge in [0.1, 0.15) is 5.56 Å². The predicted molar refractivity (Wildman–Crippen MR) is 98.4 cm³/mol. The van der Waals surface area contributed by atoms with Crippen molar-refractivity contribution in [2.24, 2.45) is 0 Å². The number of benzene rings is 1. The zero-order valence-corrected chi connectivity index (χ0v) is 16.0. The highest BCUT2D eigenvalue weighted by Crippen LogP contribution is 2.19. The Hall–Kier alpha value is -3.78. The summed E-state index contributed by atoms with van der Waals surface area (Å²) in [5.41, 5.74) is -0.426. The SMILES string of the molecule is O=C(O)CN(CCN(CC(=O)O)CC(=O)O)CC(=O)O.O=C(O)c1cccc(F)c1O. The number of aliphatic carboxylic acids is 4. The van der Waals surface area contributed by atoms with Crippen LogP contribution in [-0.4, -0.2) is 110 Å². The molecule has 0 saturated carbocycles. The monoisotopic (exact) mass is 448 g/mol. The molecule has 0 heterocycles. The first kappa shape index (κ1) is 27.2. The molecular formula is C17H21FN2O11. The summed E-state index contributed by atoms with van der Waals surface area (Å²) in [4.78, 5) is 54.6. The lowest BCUT2D eigenvalue weighted by Gasteiger charge is -2.23. The van der Waals surface area contributed by atoms with Crippen LogP contribution in [0.5, 0.6) is 5.75 Å². The van der Waals surface area contributed by atoms with E-state index in [9.17, 15) is 28.4 Å². The molecule has 1 rings (SSSR count). The van der Waals surface area contributed by atoms with Crippen LogP contribution in [-0.2, 0) is 19.2 Å². The van der Waals surface area contributed by atoms with Gasteiger partial charge in [-0.25, -0.2) is 9.18 Å². The van der Waals surface area contributed by atoms with E-state index in [1.807, 2.05) is 0 Å². The maximum atomic E-state index is 12.4. The molecule has 1 aromatic rings. The van der Waals surface area contributed by atoms with Gasteiger partial charge in [0.2, 0.25) is 0 Å². The van der Waals surface area contributed by atoms with E-state index in [0.29, 0.717) is 0 Å². The molecule has 0 unspecified atom stereocenters. The molecule has 13 nitrogen and oxygen atoms in total. The van der Waals surface area contributed by atoms with Crippen molar-refractivity contribution < 1.29 is 59.0 Å². The van der Waals surface area contributed by atoms with Gasteiger partial charge in [-0.15, -0.1) is 0 Å². The number of aromatic hydroxyl groups is 1. The molecule has 0 spiro atoms. The summed E-state index contributed by atoms with van der Waals surface area (Å²) in [6, 6.07) is 3.33. The van der Waals surface area contributed by atoms with E-state index in [1.54, 1.807) is 0 Å². The summed E-state index contributed by atoms with van der Waals surface area (Å²) < 4.78 is 12.4. The van der Waals surface area contributed by atoms with Crippen molar-refractivity contribution >= 4 is 29.8 Å². The van der Waals surface area contributed by atoms with Gasteiger partial charge in [-0.1, -0.05) is 6.07 Å². The molecule has 0 aliphatic rings. The lowest BCUT2D eigenvalue weighted by molar-refractivity contribution is -0.145. The fraction of sp³-hybridized carbons (Fsp3) is 0.353. The van der Waals surface area contributed by atoms with E-state index in [-0.39, 0.29) is 13.1 Å². The largest absolute Gasteiger partial charge is 0.504 e. The van der Waals surface area contributed by atoms with Crippen molar-refractivity contribution in [3.05, 3.63) is 29.6 Å². The smallest absolute Gasteiger partial charge is 0.339 e. The molecule has 31 heavy (non-hydrogen) atoms. The van der Waals surface area contributed by atoms with Crippen molar-refractivity contribution in [1.82, 2.24) is 9.80 Å². The number of hydrogen-bond acceptors (Lipinski definition) is 8. The average Bonchev–Trinajstić information content (AvgIpc) is 2.60. The number of rotatable bonds is 12. The van der Waals surface area contributed by atoms with E-state index in [1.165, 1.54) is 6.07 Å². The highest BCUT2D eigenvalue weighted by atomic mass is 19.1. The second-order valence-electron chi connectivity index (χ2n) is 5.94. The van der Waals surface area contributed by atoms with E-state index >= 15 is 0 Å². The molecule has 0 fully saturated rings. The van der Waals surface area contributed by atoms with E-state index in [4.69, 9.17) is 30.6 Å². The number of carboxylic acids is 5. The molecule has 0 radical (unpaired) electrons. The van der Waals surface area contributed by atoms with Crippen LogP contribution in [0.25, 0.3) is 0 Å². The topological polar surface area (TPSA) is 213 Å². The summed E-state index contributed by atoms with van der Waals surface area (Å²) in [6.07, 6.45) is 0. The molecule has 1 aromatic carbocycles. The standard InChI is InChI=1S/C10H16N2O8.C7H5FO3/c13-7(14)3-11(4-8(15)16)1-2-12(5-9(17)18)6-10(19)20;8-5-3-1-2-4(6(5)9)7(10)11/h1-6H2,(H,13,14)(H,15,16)(H,17,18)(H,19,20);1-3,9H,(H,10,11). The third-order valence-corrected chi connectivity index (χ3v) is 3.39. The molecule has 0 atom stereocenters. The Kier molecular flexibility index (Phi) is 11.8. The Balaban J connectivity index is 0.000000683. The summed E-state index contributed by atoms with van der Waals surface area (Å²) >= 11 is 0. The molecule has 0 aliphatic heterocycles. The zero-order chi connectivity index (χ0) is 24.1. The van der Waals surface area contributed by atoms with Crippen molar-refractivity contribution in [3.8, 4) is 5.75 Å². The van der Waals surface area contributed by atoms with Gasteiger partial charge in [-0.05, 0) is 12.1 Å². The first-order valence-electron chi connectivity index (χ1n) is 8.36. The van der Waals surface area contributed by atoms with Crippen LogP contribution in [0.1, 0.15) is 10.4 Å². The van der Waals surface area contributed by atoms with E-state index in [0.717, 1.165) is 21.9 Å². The third-order valence-electron chi connectivity index (χ3n) is 3.39. The summed E-state index contributed by atoms with van der Waals surface area (Å²) in [5, 5.41) is 51.6. The van der Waals surface area contributed by atoms with Crippen molar-refractivity contribution in [2.45, 2.75) is 0 Å². The number of phenols is 1. The summed E-state index contributed by atoms with van der Waals surface area (Å²) in [7, 11) is 0. The zero-order valence-electron chi connectivity index (χ0n) is 16.0. The normalized spacial score (nSPS) is 10.3. The number of aromatic carboxylic acids is 1. The van der Waals surface area contributed by atoms with Gasteiger partial charge in [-0.3, -0.25) is 29.0 Å². The van der Waals surface area contributed by atoms with Crippen LogP contribution in [0.3, 0.4) is 0 Å². The molecule has 0 bridgehead atoms. The van der Waals surface area contributed by atoms with Crippen LogP contribution in [0, 0.1) is 5.82 Å². The maximum absolute atomic E-state index is 12.4. The molecule has 0 amide bonds. The molecular weight excluding hydrogens is 427 g/mol. The van der Waals surface area contributed by atoms with Gasteiger partial charge in [0.05, 0.1) is 26.2 Å². The van der Waals surface area contributed by atoms with Gasteiger partial charge in [0.25, 0.3) is 0 Å². The Morgan fingerprint density at radius 1 is 0.710 bits per heavy atom. The number of halogens is 1. The minimum Gasteiger partial charge on any atom is -0.504 e. The van der Waals surface area contributed by atoms with Gasteiger partial charge < -0.3 is 30.6 Å². The fourth-order valence-corrected chi connectivity index (χ4v) is 2.16. The van der Waals surface area contributed by atoms with E-state index < -0.39 is 73.2 Å². The molecule has 172 valence electrons. The van der Waals surface area contributed by atoms with Crippen molar-refractivity contribution in [1.29, 1.82) is 0 Å². The minimum absolute atomic E-state index is 0.0703. The predicted octanol–water partition coefficient (Wildman–Crippen LogP) is -0.842. The van der Waals surface area contributed by atoms with Gasteiger partial charge >= 0.3 is 29.8 Å². The highest BCUT2D eigenvalue weighted by Gasteiger charge is 2.18. The van der Waals surface area contributed by atoms with Crippen LogP contribution in [0.15, 0.2) is 18.2 Å². The lowest BCUT2D eigenvalue weighted by Crippen LogP contribution is -2.43. The van der Waals surface area contributed by atoms with Gasteiger partial charge in [-0.2, -0.15) is 0 Å². The van der Waals surface area contributed by atoms with E-state index in [2.05, 4.69) is 0 Å². The average molecular weight is 448 g/mol. The maximum Gasteiger partial charge on any atom is 0.339 e. The quantitative estimate of drug-likeness (QED) is 0.230. The highest BCUT2D eigenvalue weighted by molar-refractivity contribution is 5.90. The van der Waals surface area contributed by atoms with Gasteiger partial charge in [0, 0.05) is 13.1 Å².